The summed E-state index contributed by atoms with van der Waals surface area (Å²) in [5, 5.41) is 0. The molecule has 1 aromatic rings. The molecule has 1 amide bonds. The van der Waals surface area contributed by atoms with E-state index in [2.05, 4.69) is 4.90 Å². The summed E-state index contributed by atoms with van der Waals surface area (Å²) in [5.41, 5.74) is 0.728. The number of hydrogen-bond acceptors (Lipinski definition) is 3. The summed E-state index contributed by atoms with van der Waals surface area (Å²) in [4.78, 5) is 17.1. The lowest BCUT2D eigenvalue weighted by Crippen LogP contribution is -2.37. The van der Waals surface area contributed by atoms with Gasteiger partial charge in [-0.25, -0.2) is 0 Å². The van der Waals surface area contributed by atoms with Gasteiger partial charge < -0.3 is 9.64 Å². The number of carbonyl (C=O) groups is 1. The smallest absolute Gasteiger partial charge is 0.254 e. The van der Waals surface area contributed by atoms with Crippen LogP contribution in [0.5, 0.6) is 5.75 Å². The first-order chi connectivity index (χ1) is 9.78. The highest BCUT2D eigenvalue weighted by Gasteiger charge is 2.31. The lowest BCUT2D eigenvalue weighted by Gasteiger charge is -2.23. The van der Waals surface area contributed by atoms with E-state index in [0.29, 0.717) is 6.04 Å². The molecule has 2 fully saturated rings. The second-order valence-corrected chi connectivity index (χ2v) is 5.67. The van der Waals surface area contributed by atoms with Gasteiger partial charge in [0.1, 0.15) is 5.75 Å². The van der Waals surface area contributed by atoms with Gasteiger partial charge in [0.05, 0.1) is 7.11 Å². The Hall–Kier alpha value is -1.55. The molecule has 1 atom stereocenters. The van der Waals surface area contributed by atoms with Crippen LogP contribution in [-0.4, -0.2) is 55.0 Å². The monoisotopic (exact) mass is 274 g/mol. The Labute approximate surface area is 120 Å². The van der Waals surface area contributed by atoms with Gasteiger partial charge in [-0.2, -0.15) is 0 Å². The predicted molar refractivity (Wildman–Crippen MR) is 78.1 cm³/mol. The number of nitrogens with zero attached hydrogens (tertiary/aromatic N) is 2. The fraction of sp³-hybridized carbons (Fsp3) is 0.562. The van der Waals surface area contributed by atoms with Crippen LogP contribution in [0.3, 0.4) is 0 Å². The van der Waals surface area contributed by atoms with Gasteiger partial charge in [0.25, 0.3) is 5.91 Å². The summed E-state index contributed by atoms with van der Waals surface area (Å²) in [6.07, 6.45) is 3.72. The van der Waals surface area contributed by atoms with Crippen molar-refractivity contribution in [1.82, 2.24) is 9.80 Å². The Bertz CT molecular complexity index is 483. The van der Waals surface area contributed by atoms with Gasteiger partial charge in [-0.05, 0) is 50.6 Å². The number of benzene rings is 1. The third-order valence-corrected chi connectivity index (χ3v) is 4.42. The molecule has 0 bridgehead atoms. The summed E-state index contributed by atoms with van der Waals surface area (Å²) >= 11 is 0. The Kier molecular flexibility index (Phi) is 3.92. The number of amides is 1. The number of likely N-dealkylation sites (tertiary alicyclic amines) is 2. The minimum atomic E-state index is 0.130. The lowest BCUT2D eigenvalue weighted by atomic mass is 10.2. The normalized spacial score (nSPS) is 23.2. The van der Waals surface area contributed by atoms with Crippen LogP contribution in [0.15, 0.2) is 24.3 Å². The predicted octanol–water partition coefficient (Wildman–Crippen LogP) is 2.01. The standard InChI is InChI=1S/C16H22N2O2/c1-20-15-6-4-5-13(11-15)16(19)18-10-7-14(12-18)17-8-2-3-9-17/h4-6,11,14H,2-3,7-10,12H2,1H3. The van der Waals surface area contributed by atoms with Crippen molar-refractivity contribution in [2.24, 2.45) is 0 Å². The molecule has 0 spiro atoms. The number of carbonyl (C=O) groups excluding carboxylic acids is 1. The Morgan fingerprint density at radius 1 is 1.25 bits per heavy atom. The van der Waals surface area contributed by atoms with Crippen molar-refractivity contribution in [3.63, 3.8) is 0 Å². The van der Waals surface area contributed by atoms with E-state index in [1.165, 1.54) is 25.9 Å². The van der Waals surface area contributed by atoms with Gasteiger partial charge in [-0.3, -0.25) is 9.69 Å². The first kappa shape index (κ1) is 13.4. The number of rotatable bonds is 3. The fourth-order valence-electron chi connectivity index (χ4n) is 3.27. The Morgan fingerprint density at radius 3 is 2.80 bits per heavy atom. The third kappa shape index (κ3) is 2.66. The van der Waals surface area contributed by atoms with Crippen LogP contribution in [0.4, 0.5) is 0 Å². The van der Waals surface area contributed by atoms with Crippen molar-refractivity contribution in [2.45, 2.75) is 25.3 Å². The highest BCUT2D eigenvalue weighted by molar-refractivity contribution is 5.94. The molecular formula is C16H22N2O2. The second-order valence-electron chi connectivity index (χ2n) is 5.67. The molecule has 4 heteroatoms. The molecule has 0 N–H and O–H groups in total. The topological polar surface area (TPSA) is 32.8 Å². The van der Waals surface area contributed by atoms with Gasteiger partial charge in [-0.15, -0.1) is 0 Å². The first-order valence-corrected chi connectivity index (χ1v) is 7.45. The van der Waals surface area contributed by atoms with Crippen LogP contribution < -0.4 is 4.74 Å². The third-order valence-electron chi connectivity index (χ3n) is 4.42. The molecule has 3 rings (SSSR count). The van der Waals surface area contributed by atoms with E-state index < -0.39 is 0 Å². The molecule has 0 aliphatic carbocycles. The maximum atomic E-state index is 12.5. The number of hydrogen-bond donors (Lipinski definition) is 0. The van der Waals surface area contributed by atoms with Crippen LogP contribution in [0.1, 0.15) is 29.6 Å². The van der Waals surface area contributed by atoms with Crippen LogP contribution >= 0.6 is 0 Å². The van der Waals surface area contributed by atoms with Crippen molar-refractivity contribution in [3.05, 3.63) is 29.8 Å². The Morgan fingerprint density at radius 2 is 2.05 bits per heavy atom. The van der Waals surface area contributed by atoms with Gasteiger partial charge in [0.15, 0.2) is 0 Å². The molecule has 0 saturated carbocycles. The first-order valence-electron chi connectivity index (χ1n) is 7.45. The molecule has 2 heterocycles. The van der Waals surface area contributed by atoms with Crippen LogP contribution in [-0.2, 0) is 0 Å². The largest absolute Gasteiger partial charge is 0.497 e. The molecule has 2 aliphatic rings. The van der Waals surface area contributed by atoms with Gasteiger partial charge in [0.2, 0.25) is 0 Å². The second kappa shape index (κ2) is 5.83. The maximum absolute atomic E-state index is 12.5. The minimum Gasteiger partial charge on any atom is -0.497 e. The average Bonchev–Trinajstić information content (AvgIpc) is 3.17. The molecule has 2 saturated heterocycles. The van der Waals surface area contributed by atoms with E-state index in [1.807, 2.05) is 29.2 Å². The molecular weight excluding hydrogens is 252 g/mol. The van der Waals surface area contributed by atoms with E-state index in [4.69, 9.17) is 4.74 Å². The molecule has 2 aliphatic heterocycles. The maximum Gasteiger partial charge on any atom is 0.254 e. The minimum absolute atomic E-state index is 0.130. The quantitative estimate of drug-likeness (QED) is 0.845. The molecule has 20 heavy (non-hydrogen) atoms. The van der Waals surface area contributed by atoms with E-state index >= 15 is 0 Å². The van der Waals surface area contributed by atoms with Crippen molar-refractivity contribution in [2.75, 3.05) is 33.3 Å². The zero-order chi connectivity index (χ0) is 13.9. The summed E-state index contributed by atoms with van der Waals surface area (Å²) in [5.74, 6) is 0.872. The van der Waals surface area contributed by atoms with E-state index in [9.17, 15) is 4.79 Å². The summed E-state index contributed by atoms with van der Waals surface area (Å²) in [6, 6.07) is 8.00. The SMILES string of the molecule is COc1cccc(C(=O)N2CCC(N3CCCC3)C2)c1. The summed E-state index contributed by atoms with van der Waals surface area (Å²) in [7, 11) is 1.63. The summed E-state index contributed by atoms with van der Waals surface area (Å²) in [6.45, 7) is 4.14. The van der Waals surface area contributed by atoms with Crippen molar-refractivity contribution < 1.29 is 9.53 Å². The van der Waals surface area contributed by atoms with Crippen LogP contribution in [0, 0.1) is 0 Å². The van der Waals surface area contributed by atoms with E-state index in [1.54, 1.807) is 7.11 Å². The fourth-order valence-corrected chi connectivity index (χ4v) is 3.27. The van der Waals surface area contributed by atoms with Crippen molar-refractivity contribution >= 4 is 5.91 Å². The van der Waals surface area contributed by atoms with Gasteiger partial charge >= 0.3 is 0 Å². The van der Waals surface area contributed by atoms with Crippen LogP contribution in [0.2, 0.25) is 0 Å². The number of methoxy groups -OCH3 is 1. The molecule has 0 radical (unpaired) electrons. The van der Waals surface area contributed by atoms with Gasteiger partial charge in [-0.1, -0.05) is 6.07 Å². The number of ether oxygens (including phenoxy) is 1. The zero-order valence-electron chi connectivity index (χ0n) is 12.0. The highest BCUT2D eigenvalue weighted by atomic mass is 16.5. The molecule has 1 unspecified atom stereocenters. The molecule has 108 valence electrons. The van der Waals surface area contributed by atoms with Gasteiger partial charge in [0, 0.05) is 24.7 Å². The lowest BCUT2D eigenvalue weighted by molar-refractivity contribution is 0.0779. The van der Waals surface area contributed by atoms with Crippen molar-refractivity contribution in [3.8, 4) is 5.75 Å². The average molecular weight is 274 g/mol. The zero-order valence-corrected chi connectivity index (χ0v) is 12.0. The van der Waals surface area contributed by atoms with Crippen molar-refractivity contribution in [1.29, 1.82) is 0 Å². The van der Waals surface area contributed by atoms with E-state index in [0.717, 1.165) is 30.8 Å². The van der Waals surface area contributed by atoms with E-state index in [-0.39, 0.29) is 5.91 Å². The molecule has 1 aromatic carbocycles. The Balaban J connectivity index is 1.65. The molecule has 0 aromatic heterocycles. The molecule has 4 nitrogen and oxygen atoms in total. The van der Waals surface area contributed by atoms with Crippen LogP contribution in [0.25, 0.3) is 0 Å². The highest BCUT2D eigenvalue weighted by Crippen LogP contribution is 2.22. The summed E-state index contributed by atoms with van der Waals surface area (Å²) < 4.78 is 5.19.